The van der Waals surface area contributed by atoms with Crippen LogP contribution in [0.25, 0.3) is 0 Å². The minimum Gasteiger partial charge on any atom is -0.305 e. The van der Waals surface area contributed by atoms with Crippen molar-refractivity contribution in [2.75, 3.05) is 25.9 Å². The van der Waals surface area contributed by atoms with Gasteiger partial charge in [0.1, 0.15) is 0 Å². The van der Waals surface area contributed by atoms with Gasteiger partial charge in [-0.3, -0.25) is 0 Å². The standard InChI is InChI=1S/C12H16N2O2S/c1-17(15,16)14-11-10-13-9-5-8-12-6-3-2-4-7-12/h2-4,6-7,13-14H,9-11H2,1H3. The highest BCUT2D eigenvalue weighted by atomic mass is 32.2. The maximum Gasteiger partial charge on any atom is 0.208 e. The zero-order valence-electron chi connectivity index (χ0n) is 9.73. The molecule has 5 heteroatoms. The average molecular weight is 252 g/mol. The summed E-state index contributed by atoms with van der Waals surface area (Å²) >= 11 is 0. The van der Waals surface area contributed by atoms with E-state index in [0.29, 0.717) is 19.6 Å². The molecule has 0 aliphatic rings. The summed E-state index contributed by atoms with van der Waals surface area (Å²) in [5, 5.41) is 3.03. The molecule has 2 N–H and O–H groups in total. The Labute approximate surface area is 102 Å². The Morgan fingerprint density at radius 2 is 1.88 bits per heavy atom. The van der Waals surface area contributed by atoms with Crippen LogP contribution in [0.5, 0.6) is 0 Å². The van der Waals surface area contributed by atoms with Gasteiger partial charge in [-0.2, -0.15) is 0 Å². The first-order valence-electron chi connectivity index (χ1n) is 5.27. The maximum atomic E-state index is 10.7. The lowest BCUT2D eigenvalue weighted by Crippen LogP contribution is -2.31. The molecule has 0 bridgehead atoms. The predicted octanol–water partition coefficient (Wildman–Crippen LogP) is 0.177. The molecule has 0 aliphatic carbocycles. The largest absolute Gasteiger partial charge is 0.305 e. The van der Waals surface area contributed by atoms with E-state index >= 15 is 0 Å². The number of hydrogen-bond donors (Lipinski definition) is 2. The molecular weight excluding hydrogens is 236 g/mol. The fraction of sp³-hybridized carbons (Fsp3) is 0.333. The summed E-state index contributed by atoms with van der Waals surface area (Å²) in [7, 11) is -3.09. The SMILES string of the molecule is CS(=O)(=O)NCCNCC#Cc1ccccc1. The van der Waals surface area contributed by atoms with E-state index in [2.05, 4.69) is 21.9 Å². The molecule has 1 aromatic carbocycles. The number of nitrogens with one attached hydrogen (secondary N) is 2. The summed E-state index contributed by atoms with van der Waals surface area (Å²) < 4.78 is 23.9. The fourth-order valence-electron chi connectivity index (χ4n) is 1.14. The third-order valence-corrected chi connectivity index (χ3v) is 2.61. The summed E-state index contributed by atoms with van der Waals surface area (Å²) in [6.07, 6.45) is 1.14. The van der Waals surface area contributed by atoms with Crippen LogP contribution in [0.2, 0.25) is 0 Å². The molecule has 17 heavy (non-hydrogen) atoms. The molecule has 0 fully saturated rings. The van der Waals surface area contributed by atoms with Gasteiger partial charge in [-0.15, -0.1) is 0 Å². The van der Waals surface area contributed by atoms with Crippen molar-refractivity contribution < 1.29 is 8.42 Å². The monoisotopic (exact) mass is 252 g/mol. The van der Waals surface area contributed by atoms with Crippen LogP contribution in [0.1, 0.15) is 5.56 Å². The van der Waals surface area contributed by atoms with Gasteiger partial charge in [0, 0.05) is 18.7 Å². The highest BCUT2D eigenvalue weighted by molar-refractivity contribution is 7.88. The van der Waals surface area contributed by atoms with E-state index in [0.717, 1.165) is 11.8 Å². The molecule has 1 rings (SSSR count). The van der Waals surface area contributed by atoms with Gasteiger partial charge in [0.2, 0.25) is 10.0 Å². The van der Waals surface area contributed by atoms with Crippen molar-refractivity contribution >= 4 is 10.0 Å². The first kappa shape index (κ1) is 13.7. The summed E-state index contributed by atoms with van der Waals surface area (Å²) in [4.78, 5) is 0. The zero-order chi connectivity index (χ0) is 12.6. The molecule has 0 saturated carbocycles. The molecule has 0 heterocycles. The lowest BCUT2D eigenvalue weighted by atomic mass is 10.2. The lowest BCUT2D eigenvalue weighted by molar-refractivity contribution is 0.584. The first-order chi connectivity index (χ1) is 8.08. The molecule has 0 spiro atoms. The van der Waals surface area contributed by atoms with Crippen molar-refractivity contribution in [2.45, 2.75) is 0 Å². The molecule has 0 saturated heterocycles. The van der Waals surface area contributed by atoms with Gasteiger partial charge in [0.05, 0.1) is 12.8 Å². The van der Waals surface area contributed by atoms with Crippen LogP contribution in [-0.2, 0) is 10.0 Å². The molecule has 0 atom stereocenters. The van der Waals surface area contributed by atoms with E-state index < -0.39 is 10.0 Å². The summed E-state index contributed by atoms with van der Waals surface area (Å²) in [6, 6.07) is 9.71. The number of sulfonamides is 1. The van der Waals surface area contributed by atoms with Gasteiger partial charge in [-0.05, 0) is 12.1 Å². The second-order valence-electron chi connectivity index (χ2n) is 3.51. The highest BCUT2D eigenvalue weighted by Crippen LogP contribution is 1.93. The summed E-state index contributed by atoms with van der Waals surface area (Å²) in [6.45, 7) is 1.49. The minimum absolute atomic E-state index is 0.381. The quantitative estimate of drug-likeness (QED) is 0.580. The smallest absolute Gasteiger partial charge is 0.208 e. The van der Waals surface area contributed by atoms with Crippen LogP contribution < -0.4 is 10.0 Å². The van der Waals surface area contributed by atoms with Gasteiger partial charge in [-0.1, -0.05) is 30.0 Å². The molecule has 0 aromatic heterocycles. The Kier molecular flexibility index (Phi) is 5.70. The van der Waals surface area contributed by atoms with E-state index in [1.165, 1.54) is 0 Å². The van der Waals surface area contributed by atoms with Gasteiger partial charge in [0.25, 0.3) is 0 Å². The second kappa shape index (κ2) is 7.07. The second-order valence-corrected chi connectivity index (χ2v) is 5.34. The number of hydrogen-bond acceptors (Lipinski definition) is 3. The Morgan fingerprint density at radius 1 is 1.18 bits per heavy atom. The summed E-state index contributed by atoms with van der Waals surface area (Å²) in [5.41, 5.74) is 0.976. The van der Waals surface area contributed by atoms with Gasteiger partial charge >= 0.3 is 0 Å². The first-order valence-corrected chi connectivity index (χ1v) is 7.16. The lowest BCUT2D eigenvalue weighted by Gasteiger charge is -2.01. The normalized spacial score (nSPS) is 10.6. The van der Waals surface area contributed by atoms with E-state index in [4.69, 9.17) is 0 Å². The summed E-state index contributed by atoms with van der Waals surface area (Å²) in [5.74, 6) is 5.96. The van der Waals surface area contributed by atoms with Crippen molar-refractivity contribution in [1.29, 1.82) is 0 Å². The van der Waals surface area contributed by atoms with E-state index in [1.54, 1.807) is 0 Å². The minimum atomic E-state index is -3.09. The van der Waals surface area contributed by atoms with Gasteiger partial charge < -0.3 is 5.32 Å². The van der Waals surface area contributed by atoms with Crippen LogP contribution in [-0.4, -0.2) is 34.3 Å². The van der Waals surface area contributed by atoms with Crippen LogP contribution in [0, 0.1) is 11.8 Å². The Balaban J connectivity index is 2.15. The fourth-order valence-corrected chi connectivity index (χ4v) is 1.62. The Bertz CT molecular complexity index is 486. The van der Waals surface area contributed by atoms with E-state index in [-0.39, 0.29) is 0 Å². The highest BCUT2D eigenvalue weighted by Gasteiger charge is 1.96. The van der Waals surface area contributed by atoms with Crippen molar-refractivity contribution in [1.82, 2.24) is 10.0 Å². The van der Waals surface area contributed by atoms with Crippen LogP contribution in [0.3, 0.4) is 0 Å². The zero-order valence-corrected chi connectivity index (χ0v) is 10.5. The predicted molar refractivity (Wildman–Crippen MR) is 69.0 cm³/mol. The van der Waals surface area contributed by atoms with Crippen molar-refractivity contribution in [2.24, 2.45) is 0 Å². The van der Waals surface area contributed by atoms with E-state index in [9.17, 15) is 8.42 Å². The van der Waals surface area contributed by atoms with Crippen molar-refractivity contribution in [3.63, 3.8) is 0 Å². The Morgan fingerprint density at radius 3 is 2.53 bits per heavy atom. The maximum absolute atomic E-state index is 10.7. The van der Waals surface area contributed by atoms with E-state index in [1.807, 2.05) is 30.3 Å². The Hall–Kier alpha value is -1.35. The third kappa shape index (κ3) is 7.53. The van der Waals surface area contributed by atoms with Crippen molar-refractivity contribution in [3.8, 4) is 11.8 Å². The number of rotatable bonds is 5. The average Bonchev–Trinajstić information content (AvgIpc) is 2.28. The topological polar surface area (TPSA) is 58.2 Å². The molecule has 0 aliphatic heterocycles. The molecule has 4 nitrogen and oxygen atoms in total. The van der Waals surface area contributed by atoms with Crippen LogP contribution >= 0.6 is 0 Å². The number of benzene rings is 1. The van der Waals surface area contributed by atoms with Gasteiger partial charge in [-0.25, -0.2) is 13.1 Å². The molecule has 1 aromatic rings. The van der Waals surface area contributed by atoms with Gasteiger partial charge in [0.15, 0.2) is 0 Å². The van der Waals surface area contributed by atoms with Crippen LogP contribution in [0.4, 0.5) is 0 Å². The molecular formula is C12H16N2O2S. The third-order valence-electron chi connectivity index (χ3n) is 1.89. The molecule has 92 valence electrons. The van der Waals surface area contributed by atoms with Crippen LogP contribution in [0.15, 0.2) is 30.3 Å². The molecule has 0 unspecified atom stereocenters. The molecule has 0 amide bonds. The van der Waals surface area contributed by atoms with Crippen molar-refractivity contribution in [3.05, 3.63) is 35.9 Å². The molecule has 0 radical (unpaired) electrons.